The van der Waals surface area contributed by atoms with E-state index >= 15 is 0 Å². The molecule has 0 bridgehead atoms. The zero-order chi connectivity index (χ0) is 12.8. The number of carbonyl (C=O) groups is 1. The van der Waals surface area contributed by atoms with Crippen molar-refractivity contribution in [1.82, 2.24) is 14.9 Å². The number of halogens is 1. The summed E-state index contributed by atoms with van der Waals surface area (Å²) >= 11 is 5.62. The first kappa shape index (κ1) is 13.7. The second kappa shape index (κ2) is 6.36. The summed E-state index contributed by atoms with van der Waals surface area (Å²) in [5, 5.41) is 2.74. The fourth-order valence-corrected chi connectivity index (χ4v) is 1.49. The third kappa shape index (κ3) is 4.16. The number of ether oxygens (including phenoxy) is 1. The molecule has 0 fully saturated rings. The highest BCUT2D eigenvalue weighted by molar-refractivity contribution is 6.29. The predicted molar refractivity (Wildman–Crippen MR) is 63.1 cm³/mol. The smallest absolute Gasteiger partial charge is 0.255 e. The van der Waals surface area contributed by atoms with Crippen LogP contribution in [0, 0.1) is 6.92 Å². The highest BCUT2D eigenvalue weighted by atomic mass is 35.5. The molecule has 6 nitrogen and oxygen atoms in total. The standard InChI is InChI=1S/C10H14ClN3O3/c1-7-13-8(11)5-10(16)14(7)6-9(15)12-3-4-17-2/h5H,3-4,6H2,1-2H3,(H,12,15). The van der Waals surface area contributed by atoms with Crippen LogP contribution >= 0.6 is 11.6 Å². The number of rotatable bonds is 5. The van der Waals surface area contributed by atoms with Gasteiger partial charge in [-0.25, -0.2) is 4.98 Å². The zero-order valence-corrected chi connectivity index (χ0v) is 10.5. The molecule has 0 aromatic carbocycles. The molecule has 7 heteroatoms. The van der Waals surface area contributed by atoms with E-state index < -0.39 is 0 Å². The summed E-state index contributed by atoms with van der Waals surface area (Å²) in [5.41, 5.74) is -0.343. The van der Waals surface area contributed by atoms with Gasteiger partial charge < -0.3 is 10.1 Å². The molecule has 0 aliphatic carbocycles. The number of carbonyl (C=O) groups excluding carboxylic acids is 1. The molecule has 0 aliphatic rings. The quantitative estimate of drug-likeness (QED) is 0.595. The average Bonchev–Trinajstić information content (AvgIpc) is 2.24. The number of aryl methyl sites for hydroxylation is 1. The lowest BCUT2D eigenvalue weighted by Gasteiger charge is -2.09. The molecular formula is C10H14ClN3O3. The van der Waals surface area contributed by atoms with Crippen LogP contribution in [0.1, 0.15) is 5.82 Å². The van der Waals surface area contributed by atoms with Crippen molar-refractivity contribution in [2.24, 2.45) is 0 Å². The van der Waals surface area contributed by atoms with Gasteiger partial charge in [0.1, 0.15) is 17.5 Å². The van der Waals surface area contributed by atoms with Gasteiger partial charge in [-0.2, -0.15) is 0 Å². The first-order valence-corrected chi connectivity index (χ1v) is 5.42. The van der Waals surface area contributed by atoms with Crippen LogP contribution in [0.4, 0.5) is 0 Å². The van der Waals surface area contributed by atoms with Crippen LogP contribution < -0.4 is 10.9 Å². The summed E-state index contributed by atoms with van der Waals surface area (Å²) in [7, 11) is 1.55. The van der Waals surface area contributed by atoms with Gasteiger partial charge in [-0.3, -0.25) is 14.2 Å². The molecule has 1 heterocycles. The van der Waals surface area contributed by atoms with Crippen molar-refractivity contribution < 1.29 is 9.53 Å². The van der Waals surface area contributed by atoms with Crippen molar-refractivity contribution in [1.29, 1.82) is 0 Å². The lowest BCUT2D eigenvalue weighted by atomic mass is 10.4. The number of nitrogens with one attached hydrogen (secondary N) is 1. The van der Waals surface area contributed by atoms with Crippen molar-refractivity contribution in [3.63, 3.8) is 0 Å². The Morgan fingerprint density at radius 2 is 2.35 bits per heavy atom. The Morgan fingerprint density at radius 3 is 2.94 bits per heavy atom. The van der Waals surface area contributed by atoms with E-state index in [0.717, 1.165) is 0 Å². The Labute approximate surface area is 104 Å². The first-order valence-electron chi connectivity index (χ1n) is 5.04. The van der Waals surface area contributed by atoms with Gasteiger partial charge in [-0.15, -0.1) is 0 Å². The second-order valence-corrected chi connectivity index (χ2v) is 3.78. The van der Waals surface area contributed by atoms with Gasteiger partial charge in [0.2, 0.25) is 5.91 Å². The van der Waals surface area contributed by atoms with E-state index in [1.54, 1.807) is 14.0 Å². The molecule has 1 amide bonds. The Hall–Kier alpha value is -1.40. The lowest BCUT2D eigenvalue weighted by Crippen LogP contribution is -2.35. The van der Waals surface area contributed by atoms with E-state index in [-0.39, 0.29) is 23.2 Å². The molecule has 1 aromatic heterocycles. The van der Waals surface area contributed by atoms with E-state index in [4.69, 9.17) is 16.3 Å². The van der Waals surface area contributed by atoms with Crippen LogP contribution in [0.3, 0.4) is 0 Å². The minimum atomic E-state index is -0.343. The summed E-state index contributed by atoms with van der Waals surface area (Å²) in [6.45, 7) is 2.39. The Balaban J connectivity index is 2.69. The van der Waals surface area contributed by atoms with Crippen molar-refractivity contribution in [2.75, 3.05) is 20.3 Å². The van der Waals surface area contributed by atoms with Gasteiger partial charge in [0.05, 0.1) is 6.61 Å². The minimum Gasteiger partial charge on any atom is -0.383 e. The van der Waals surface area contributed by atoms with Crippen molar-refractivity contribution >= 4 is 17.5 Å². The molecule has 1 N–H and O–H groups in total. The molecule has 0 saturated carbocycles. The van der Waals surface area contributed by atoms with E-state index in [1.807, 2.05) is 0 Å². The number of hydrogen-bond donors (Lipinski definition) is 1. The molecule has 0 aliphatic heterocycles. The second-order valence-electron chi connectivity index (χ2n) is 3.39. The summed E-state index contributed by atoms with van der Waals surface area (Å²) < 4.78 is 6.05. The maximum atomic E-state index is 11.6. The highest BCUT2D eigenvalue weighted by Crippen LogP contribution is 2.00. The molecule has 0 saturated heterocycles. The minimum absolute atomic E-state index is 0.0709. The largest absolute Gasteiger partial charge is 0.383 e. The fraction of sp³-hybridized carbons (Fsp3) is 0.500. The maximum absolute atomic E-state index is 11.6. The van der Waals surface area contributed by atoms with Gasteiger partial charge in [0.25, 0.3) is 5.56 Å². The monoisotopic (exact) mass is 259 g/mol. The fourth-order valence-electron chi connectivity index (χ4n) is 1.27. The van der Waals surface area contributed by atoms with Gasteiger partial charge >= 0.3 is 0 Å². The average molecular weight is 260 g/mol. The molecule has 94 valence electrons. The normalized spacial score (nSPS) is 10.3. The van der Waals surface area contributed by atoms with Crippen LogP contribution in [0.25, 0.3) is 0 Å². The molecule has 1 rings (SSSR count). The topological polar surface area (TPSA) is 73.2 Å². The summed E-state index contributed by atoms with van der Waals surface area (Å²) in [4.78, 5) is 27.0. The van der Waals surface area contributed by atoms with Gasteiger partial charge in [-0.05, 0) is 6.92 Å². The molecule has 1 aromatic rings. The summed E-state index contributed by atoms with van der Waals surface area (Å²) in [5.74, 6) is 0.140. The third-order valence-corrected chi connectivity index (χ3v) is 2.29. The number of nitrogens with zero attached hydrogens (tertiary/aromatic N) is 2. The van der Waals surface area contributed by atoms with Crippen LogP contribution in [0.15, 0.2) is 10.9 Å². The summed E-state index contributed by atoms with van der Waals surface area (Å²) in [6, 6.07) is 1.18. The van der Waals surface area contributed by atoms with Crippen molar-refractivity contribution in [3.8, 4) is 0 Å². The van der Waals surface area contributed by atoms with E-state index in [2.05, 4.69) is 10.3 Å². The molecule has 0 radical (unpaired) electrons. The molecular weight excluding hydrogens is 246 g/mol. The van der Waals surface area contributed by atoms with Gasteiger partial charge in [-0.1, -0.05) is 11.6 Å². The van der Waals surface area contributed by atoms with Crippen LogP contribution in [-0.2, 0) is 16.1 Å². The lowest BCUT2D eigenvalue weighted by molar-refractivity contribution is -0.121. The SMILES string of the molecule is COCCNC(=O)Cn1c(C)nc(Cl)cc1=O. The first-order chi connectivity index (χ1) is 8.04. The van der Waals surface area contributed by atoms with E-state index in [1.165, 1.54) is 10.6 Å². The molecule has 0 atom stereocenters. The third-order valence-electron chi connectivity index (χ3n) is 2.10. The highest BCUT2D eigenvalue weighted by Gasteiger charge is 2.08. The summed E-state index contributed by atoms with van der Waals surface area (Å²) in [6.07, 6.45) is 0. The van der Waals surface area contributed by atoms with Gasteiger partial charge in [0, 0.05) is 19.7 Å². The van der Waals surface area contributed by atoms with E-state index in [9.17, 15) is 9.59 Å². The number of amides is 1. The van der Waals surface area contributed by atoms with Crippen LogP contribution in [0.2, 0.25) is 5.15 Å². The van der Waals surface area contributed by atoms with Crippen LogP contribution in [-0.4, -0.2) is 35.7 Å². The Morgan fingerprint density at radius 1 is 1.65 bits per heavy atom. The van der Waals surface area contributed by atoms with Crippen LogP contribution in [0.5, 0.6) is 0 Å². The Kier molecular flexibility index (Phi) is 5.11. The van der Waals surface area contributed by atoms with Crippen molar-refractivity contribution in [2.45, 2.75) is 13.5 Å². The van der Waals surface area contributed by atoms with Gasteiger partial charge in [0.15, 0.2) is 0 Å². The molecule has 0 spiro atoms. The molecule has 17 heavy (non-hydrogen) atoms. The number of aromatic nitrogens is 2. The predicted octanol–water partition coefficient (Wildman–Crippen LogP) is -0.0323. The Bertz CT molecular complexity index is 459. The number of methoxy groups -OCH3 is 1. The van der Waals surface area contributed by atoms with Crippen molar-refractivity contribution in [3.05, 3.63) is 27.4 Å². The maximum Gasteiger partial charge on any atom is 0.255 e. The van der Waals surface area contributed by atoms with E-state index in [0.29, 0.717) is 19.0 Å². The molecule has 0 unspecified atom stereocenters. The number of hydrogen-bond acceptors (Lipinski definition) is 4. The zero-order valence-electron chi connectivity index (χ0n) is 9.70.